The van der Waals surface area contributed by atoms with Gasteiger partial charge in [-0.2, -0.15) is 0 Å². The summed E-state index contributed by atoms with van der Waals surface area (Å²) in [5, 5.41) is 10.6. The van der Waals surface area contributed by atoms with Crippen LogP contribution in [0.25, 0.3) is 0 Å². The van der Waals surface area contributed by atoms with Crippen LogP contribution in [0, 0.1) is 17.0 Å². The third-order valence-corrected chi connectivity index (χ3v) is 2.50. The Morgan fingerprint density at radius 1 is 1.53 bits per heavy atom. The van der Waals surface area contributed by atoms with E-state index in [2.05, 4.69) is 9.97 Å². The minimum Gasteiger partial charge on any atom is -0.369 e. The van der Waals surface area contributed by atoms with E-state index in [1.807, 2.05) is 13.0 Å². The molecule has 0 unspecified atom stereocenters. The fraction of sp³-hybridized carbons (Fsp3) is 0.182. The molecule has 0 aliphatic rings. The van der Waals surface area contributed by atoms with Crippen LogP contribution >= 0.6 is 0 Å². The number of hydrogen-bond donors (Lipinski definition) is 2. The molecular formula is C11H12N4O2. The maximum atomic E-state index is 10.6. The average molecular weight is 232 g/mol. The number of aryl methyl sites for hydroxylation is 1. The largest absolute Gasteiger partial charge is 0.369 e. The van der Waals surface area contributed by atoms with Crippen LogP contribution in [-0.2, 0) is 6.42 Å². The molecule has 0 saturated heterocycles. The second-order valence-corrected chi connectivity index (χ2v) is 3.80. The van der Waals surface area contributed by atoms with Crippen LogP contribution in [0.2, 0.25) is 0 Å². The van der Waals surface area contributed by atoms with Crippen molar-refractivity contribution in [3.8, 4) is 0 Å². The normalized spacial score (nSPS) is 10.4. The third kappa shape index (κ3) is 2.41. The molecule has 1 aromatic heterocycles. The average Bonchev–Trinajstić information content (AvgIpc) is 2.58. The maximum Gasteiger partial charge on any atom is 0.269 e. The van der Waals surface area contributed by atoms with Crippen molar-refractivity contribution in [2.75, 3.05) is 5.73 Å². The van der Waals surface area contributed by atoms with Gasteiger partial charge in [-0.25, -0.2) is 4.98 Å². The maximum absolute atomic E-state index is 10.6. The second kappa shape index (κ2) is 4.25. The third-order valence-electron chi connectivity index (χ3n) is 2.50. The zero-order chi connectivity index (χ0) is 12.4. The number of nitrogens with two attached hydrogens (primary N) is 1. The molecular weight excluding hydrogens is 220 g/mol. The fourth-order valence-corrected chi connectivity index (χ4v) is 1.67. The van der Waals surface area contributed by atoms with Crippen LogP contribution in [0.5, 0.6) is 0 Å². The molecule has 1 aromatic carbocycles. The summed E-state index contributed by atoms with van der Waals surface area (Å²) < 4.78 is 0. The highest BCUT2D eigenvalue weighted by Gasteiger charge is 2.09. The Morgan fingerprint density at radius 3 is 2.88 bits per heavy atom. The Labute approximate surface area is 97.6 Å². The minimum atomic E-state index is -0.407. The summed E-state index contributed by atoms with van der Waals surface area (Å²) >= 11 is 0. The number of nitro benzene ring substituents is 1. The summed E-state index contributed by atoms with van der Waals surface area (Å²) in [6.45, 7) is 1.87. The first kappa shape index (κ1) is 11.1. The van der Waals surface area contributed by atoms with Crippen LogP contribution in [0.1, 0.15) is 17.0 Å². The lowest BCUT2D eigenvalue weighted by molar-refractivity contribution is -0.384. The molecule has 2 rings (SSSR count). The SMILES string of the molecule is Cc1[nH]c(N)nc1Cc1cccc([N+](=O)[O-])c1. The van der Waals surface area contributed by atoms with Gasteiger partial charge in [-0.05, 0) is 12.5 Å². The fourth-order valence-electron chi connectivity index (χ4n) is 1.67. The van der Waals surface area contributed by atoms with Gasteiger partial charge in [0.05, 0.1) is 10.6 Å². The number of nitrogens with one attached hydrogen (secondary N) is 1. The van der Waals surface area contributed by atoms with Gasteiger partial charge in [-0.1, -0.05) is 12.1 Å². The van der Waals surface area contributed by atoms with E-state index in [4.69, 9.17) is 5.73 Å². The van der Waals surface area contributed by atoms with Crippen molar-refractivity contribution in [3.05, 3.63) is 51.3 Å². The molecule has 1 heterocycles. The Kier molecular flexibility index (Phi) is 2.78. The highest BCUT2D eigenvalue weighted by Crippen LogP contribution is 2.17. The van der Waals surface area contributed by atoms with Crippen LogP contribution < -0.4 is 5.73 Å². The zero-order valence-electron chi connectivity index (χ0n) is 9.30. The number of nitrogens with zero attached hydrogens (tertiary/aromatic N) is 2. The summed E-state index contributed by atoms with van der Waals surface area (Å²) in [5.74, 6) is 0.364. The van der Waals surface area contributed by atoms with E-state index in [-0.39, 0.29) is 5.69 Å². The van der Waals surface area contributed by atoms with E-state index in [1.165, 1.54) is 6.07 Å². The minimum absolute atomic E-state index is 0.0867. The summed E-state index contributed by atoms with van der Waals surface area (Å²) in [6, 6.07) is 6.51. The van der Waals surface area contributed by atoms with Crippen LogP contribution in [0.4, 0.5) is 11.6 Å². The number of benzene rings is 1. The van der Waals surface area contributed by atoms with E-state index in [9.17, 15) is 10.1 Å². The molecule has 0 radical (unpaired) electrons. The number of non-ortho nitro benzene ring substituents is 1. The first-order chi connectivity index (χ1) is 8.06. The molecule has 6 heteroatoms. The summed E-state index contributed by atoms with van der Waals surface area (Å²) in [7, 11) is 0. The second-order valence-electron chi connectivity index (χ2n) is 3.80. The molecule has 0 atom stereocenters. The zero-order valence-corrected chi connectivity index (χ0v) is 9.30. The van der Waals surface area contributed by atoms with Gasteiger partial charge in [-0.3, -0.25) is 10.1 Å². The van der Waals surface area contributed by atoms with Gasteiger partial charge >= 0.3 is 0 Å². The van der Waals surface area contributed by atoms with Gasteiger partial charge in [-0.15, -0.1) is 0 Å². The Hall–Kier alpha value is -2.37. The number of imidazole rings is 1. The monoisotopic (exact) mass is 232 g/mol. The predicted octanol–water partition coefficient (Wildman–Crippen LogP) is 1.80. The van der Waals surface area contributed by atoms with Crippen molar-refractivity contribution in [1.29, 1.82) is 0 Å². The first-order valence-electron chi connectivity index (χ1n) is 5.10. The highest BCUT2D eigenvalue weighted by molar-refractivity contribution is 5.37. The number of nitrogen functional groups attached to an aromatic ring is 1. The molecule has 0 aliphatic heterocycles. The molecule has 6 nitrogen and oxygen atoms in total. The molecule has 0 amide bonds. The highest BCUT2D eigenvalue weighted by atomic mass is 16.6. The molecule has 0 bridgehead atoms. The summed E-state index contributed by atoms with van der Waals surface area (Å²) in [6.07, 6.45) is 0.529. The Bertz CT molecular complexity index is 562. The van der Waals surface area contributed by atoms with E-state index in [0.29, 0.717) is 12.4 Å². The van der Waals surface area contributed by atoms with E-state index in [0.717, 1.165) is 17.0 Å². The van der Waals surface area contributed by atoms with Crippen molar-refractivity contribution < 1.29 is 4.92 Å². The smallest absolute Gasteiger partial charge is 0.269 e. The van der Waals surface area contributed by atoms with Crippen LogP contribution in [0.3, 0.4) is 0 Å². The summed E-state index contributed by atoms with van der Waals surface area (Å²) in [4.78, 5) is 17.3. The molecule has 0 fully saturated rings. The van der Waals surface area contributed by atoms with E-state index in [1.54, 1.807) is 12.1 Å². The van der Waals surface area contributed by atoms with Gasteiger partial charge < -0.3 is 10.7 Å². The standard InChI is InChI=1S/C11H12N4O2/c1-7-10(14-11(12)13-7)6-8-3-2-4-9(5-8)15(16)17/h2-5H,6H2,1H3,(H3,12,13,14). The molecule has 0 saturated carbocycles. The quantitative estimate of drug-likeness (QED) is 0.622. The van der Waals surface area contributed by atoms with Gasteiger partial charge in [0, 0.05) is 24.2 Å². The Morgan fingerprint density at radius 2 is 2.29 bits per heavy atom. The number of anilines is 1. The van der Waals surface area contributed by atoms with Crippen molar-refractivity contribution in [2.24, 2.45) is 0 Å². The predicted molar refractivity (Wildman–Crippen MR) is 63.6 cm³/mol. The molecule has 0 spiro atoms. The molecule has 3 N–H and O–H groups in total. The molecule has 88 valence electrons. The molecule has 17 heavy (non-hydrogen) atoms. The number of aromatic nitrogens is 2. The number of H-pyrrole nitrogens is 1. The van der Waals surface area contributed by atoms with Crippen LogP contribution in [-0.4, -0.2) is 14.9 Å². The lowest BCUT2D eigenvalue weighted by atomic mass is 10.1. The van der Waals surface area contributed by atoms with Crippen molar-refractivity contribution >= 4 is 11.6 Å². The Balaban J connectivity index is 2.27. The number of aromatic amines is 1. The topological polar surface area (TPSA) is 97.8 Å². The van der Waals surface area contributed by atoms with Crippen molar-refractivity contribution in [2.45, 2.75) is 13.3 Å². The van der Waals surface area contributed by atoms with Crippen molar-refractivity contribution in [1.82, 2.24) is 9.97 Å². The van der Waals surface area contributed by atoms with E-state index >= 15 is 0 Å². The van der Waals surface area contributed by atoms with Gasteiger partial charge in [0.25, 0.3) is 5.69 Å². The lowest BCUT2D eigenvalue weighted by Gasteiger charge is -1.99. The number of nitro groups is 1. The van der Waals surface area contributed by atoms with E-state index < -0.39 is 4.92 Å². The molecule has 0 aliphatic carbocycles. The number of hydrogen-bond acceptors (Lipinski definition) is 4. The first-order valence-corrected chi connectivity index (χ1v) is 5.10. The molecule has 2 aromatic rings. The number of rotatable bonds is 3. The van der Waals surface area contributed by atoms with Gasteiger partial charge in [0.1, 0.15) is 0 Å². The summed E-state index contributed by atoms with van der Waals surface area (Å²) in [5.41, 5.74) is 8.16. The van der Waals surface area contributed by atoms with Crippen molar-refractivity contribution in [3.63, 3.8) is 0 Å². The van der Waals surface area contributed by atoms with Gasteiger partial charge in [0.15, 0.2) is 5.95 Å². The lowest BCUT2D eigenvalue weighted by Crippen LogP contribution is -1.94. The van der Waals surface area contributed by atoms with Crippen LogP contribution in [0.15, 0.2) is 24.3 Å². The van der Waals surface area contributed by atoms with Gasteiger partial charge in [0.2, 0.25) is 0 Å².